The van der Waals surface area contributed by atoms with E-state index in [-0.39, 0.29) is 11.1 Å². The fraction of sp³-hybridized carbons (Fsp3) is 0.200. The van der Waals surface area contributed by atoms with Crippen molar-refractivity contribution >= 4 is 22.6 Å². The van der Waals surface area contributed by atoms with Crippen molar-refractivity contribution in [1.29, 1.82) is 0 Å². The maximum atomic E-state index is 15.2. The third-order valence-corrected chi connectivity index (χ3v) is 5.17. The highest BCUT2D eigenvalue weighted by Crippen LogP contribution is 2.46. The maximum Gasteiger partial charge on any atom is 0.341 e. The molecule has 1 fully saturated rings. The maximum absolute atomic E-state index is 15.2. The molecule has 0 aliphatic carbocycles. The van der Waals surface area contributed by atoms with E-state index in [1.165, 1.54) is 6.20 Å². The molecule has 0 saturated carbocycles. The largest absolute Gasteiger partial charge is 0.477 e. The van der Waals surface area contributed by atoms with Gasteiger partial charge < -0.3 is 24.6 Å². The lowest BCUT2D eigenvalue weighted by atomic mass is 10.1. The van der Waals surface area contributed by atoms with Gasteiger partial charge in [0.25, 0.3) is 0 Å². The molecule has 142 valence electrons. The lowest BCUT2D eigenvalue weighted by molar-refractivity contribution is 0.0695. The van der Waals surface area contributed by atoms with Crippen LogP contribution in [0.5, 0.6) is 11.5 Å². The lowest BCUT2D eigenvalue weighted by Crippen LogP contribution is -2.44. The Morgan fingerprint density at radius 1 is 1.21 bits per heavy atom. The van der Waals surface area contributed by atoms with Crippen LogP contribution < -0.4 is 20.4 Å². The molecule has 2 N–H and O–H groups in total. The smallest absolute Gasteiger partial charge is 0.341 e. The first-order chi connectivity index (χ1) is 13.6. The Morgan fingerprint density at radius 2 is 1.96 bits per heavy atom. The molecule has 8 heteroatoms. The van der Waals surface area contributed by atoms with Crippen LogP contribution in [0.1, 0.15) is 10.4 Å². The van der Waals surface area contributed by atoms with Gasteiger partial charge in [-0.15, -0.1) is 0 Å². The zero-order chi connectivity index (χ0) is 19.4. The number of nitrogens with zero attached hydrogens (tertiary/aromatic N) is 2. The number of carbonyl (C=O) groups is 1. The number of halogens is 1. The third-order valence-electron chi connectivity index (χ3n) is 5.17. The van der Waals surface area contributed by atoms with E-state index in [2.05, 4.69) is 5.32 Å². The van der Waals surface area contributed by atoms with Crippen LogP contribution in [0.2, 0.25) is 0 Å². The molecule has 0 bridgehead atoms. The molecule has 2 aliphatic rings. The first-order valence-electron chi connectivity index (χ1n) is 8.94. The van der Waals surface area contributed by atoms with Crippen molar-refractivity contribution in [3.63, 3.8) is 0 Å². The minimum Gasteiger partial charge on any atom is -0.477 e. The normalized spacial score (nSPS) is 15.2. The number of aromatic nitrogens is 1. The van der Waals surface area contributed by atoms with E-state index in [1.807, 2.05) is 4.90 Å². The number of carboxylic acid groups (broad SMARTS) is 1. The van der Waals surface area contributed by atoms with E-state index in [0.717, 1.165) is 6.07 Å². The van der Waals surface area contributed by atoms with Gasteiger partial charge in [-0.2, -0.15) is 0 Å². The van der Waals surface area contributed by atoms with Crippen LogP contribution in [0.3, 0.4) is 0 Å². The average molecular weight is 381 g/mol. The molecular weight excluding hydrogens is 365 g/mol. The Kier molecular flexibility index (Phi) is 3.63. The van der Waals surface area contributed by atoms with E-state index >= 15 is 4.39 Å². The molecule has 3 heterocycles. The molecule has 28 heavy (non-hydrogen) atoms. The predicted molar refractivity (Wildman–Crippen MR) is 102 cm³/mol. The fourth-order valence-corrected chi connectivity index (χ4v) is 3.89. The van der Waals surface area contributed by atoms with Crippen molar-refractivity contribution in [2.24, 2.45) is 0 Å². The van der Waals surface area contributed by atoms with Gasteiger partial charge >= 0.3 is 5.97 Å². The summed E-state index contributed by atoms with van der Waals surface area (Å²) in [5.74, 6) is -1.24. The summed E-state index contributed by atoms with van der Waals surface area (Å²) < 4.78 is 22.8. The summed E-state index contributed by atoms with van der Waals surface area (Å²) in [6.07, 6.45) is 1.29. The second kappa shape index (κ2) is 6.07. The molecule has 2 aliphatic heterocycles. The Hall–Kier alpha value is -3.39. The molecule has 3 aromatic rings. The van der Waals surface area contributed by atoms with Gasteiger partial charge in [-0.3, -0.25) is 4.79 Å². The molecule has 0 atom stereocenters. The molecule has 1 aromatic heterocycles. The molecule has 5 rings (SSSR count). The SMILES string of the molecule is O=C(O)c1cn2c3c(c(N4CCNCC4)c(F)cc3c1=O)Oc1ccccc1-2. The van der Waals surface area contributed by atoms with Crippen LogP contribution in [0.15, 0.2) is 41.3 Å². The first kappa shape index (κ1) is 16.8. The number of ether oxygens (including phenoxy) is 1. The van der Waals surface area contributed by atoms with E-state index in [1.54, 1.807) is 28.8 Å². The number of hydrogen-bond acceptors (Lipinski definition) is 5. The topological polar surface area (TPSA) is 83.8 Å². The van der Waals surface area contributed by atoms with Gasteiger partial charge in [0.2, 0.25) is 5.43 Å². The van der Waals surface area contributed by atoms with Crippen molar-refractivity contribution < 1.29 is 19.0 Å². The highest BCUT2D eigenvalue weighted by atomic mass is 19.1. The zero-order valence-electron chi connectivity index (χ0n) is 14.7. The van der Waals surface area contributed by atoms with Crippen LogP contribution in [-0.2, 0) is 0 Å². The summed E-state index contributed by atoms with van der Waals surface area (Å²) >= 11 is 0. The van der Waals surface area contributed by atoms with Gasteiger partial charge in [0.1, 0.15) is 16.8 Å². The number of rotatable bonds is 2. The molecule has 2 aromatic carbocycles. The average Bonchev–Trinajstić information content (AvgIpc) is 2.70. The third kappa shape index (κ3) is 2.31. The van der Waals surface area contributed by atoms with Crippen LogP contribution in [-0.4, -0.2) is 41.8 Å². The molecule has 0 amide bonds. The number of hydrogen-bond donors (Lipinski definition) is 2. The predicted octanol–water partition coefficient (Wildman–Crippen LogP) is 2.34. The molecule has 0 unspecified atom stereocenters. The highest BCUT2D eigenvalue weighted by molar-refractivity contribution is 5.99. The zero-order valence-corrected chi connectivity index (χ0v) is 14.7. The lowest BCUT2D eigenvalue weighted by Gasteiger charge is -2.33. The van der Waals surface area contributed by atoms with Crippen molar-refractivity contribution in [3.05, 3.63) is 58.1 Å². The minimum atomic E-state index is -1.35. The van der Waals surface area contributed by atoms with Crippen molar-refractivity contribution in [2.75, 3.05) is 31.1 Å². The summed E-state index contributed by atoms with van der Waals surface area (Å²) in [5, 5.41) is 12.7. The Morgan fingerprint density at radius 3 is 2.71 bits per heavy atom. The molecular formula is C20H16FN3O4. The summed E-state index contributed by atoms with van der Waals surface area (Å²) in [6.45, 7) is 2.60. The number of piperazine rings is 1. The van der Waals surface area contributed by atoms with E-state index in [0.29, 0.717) is 48.8 Å². The van der Waals surface area contributed by atoms with E-state index in [9.17, 15) is 14.7 Å². The number of fused-ring (bicyclic) bond motifs is 2. The van der Waals surface area contributed by atoms with Gasteiger partial charge in [0.05, 0.1) is 11.1 Å². The van der Waals surface area contributed by atoms with Crippen LogP contribution in [0, 0.1) is 5.82 Å². The Labute approximate surface area is 158 Å². The van der Waals surface area contributed by atoms with Crippen LogP contribution in [0.25, 0.3) is 16.6 Å². The van der Waals surface area contributed by atoms with Gasteiger partial charge in [-0.05, 0) is 18.2 Å². The summed E-state index contributed by atoms with van der Waals surface area (Å²) in [7, 11) is 0. The van der Waals surface area contributed by atoms with Crippen molar-refractivity contribution in [1.82, 2.24) is 9.88 Å². The fourth-order valence-electron chi connectivity index (χ4n) is 3.89. The Balaban J connectivity index is 1.91. The number of para-hydroxylation sites is 2. The number of carboxylic acids is 1. The van der Waals surface area contributed by atoms with Crippen molar-refractivity contribution in [2.45, 2.75) is 0 Å². The first-order valence-corrected chi connectivity index (χ1v) is 8.94. The number of aromatic carboxylic acids is 1. The number of nitrogens with one attached hydrogen (secondary N) is 1. The van der Waals surface area contributed by atoms with E-state index < -0.39 is 22.8 Å². The summed E-state index contributed by atoms with van der Waals surface area (Å²) in [6, 6.07) is 8.19. The van der Waals surface area contributed by atoms with Gasteiger partial charge in [0, 0.05) is 32.4 Å². The minimum absolute atomic E-state index is 0.0132. The molecule has 0 radical (unpaired) electrons. The van der Waals surface area contributed by atoms with E-state index in [4.69, 9.17) is 4.74 Å². The van der Waals surface area contributed by atoms with Crippen LogP contribution >= 0.6 is 0 Å². The summed E-state index contributed by atoms with van der Waals surface area (Å²) in [5.41, 5.74) is 0.127. The van der Waals surface area contributed by atoms with Crippen LogP contribution in [0.4, 0.5) is 10.1 Å². The standard InChI is InChI=1S/C20H16FN3O4/c21-13-9-11-16-19(17(13)23-7-5-22-6-8-23)28-15-4-2-1-3-14(15)24(16)10-12(18(11)25)20(26)27/h1-4,9-10,22H,5-8H2,(H,26,27). The number of anilines is 1. The second-order valence-corrected chi connectivity index (χ2v) is 6.79. The highest BCUT2D eigenvalue weighted by Gasteiger charge is 2.30. The van der Waals surface area contributed by atoms with Gasteiger partial charge in [-0.25, -0.2) is 9.18 Å². The molecule has 0 spiro atoms. The number of benzene rings is 2. The van der Waals surface area contributed by atoms with Gasteiger partial charge in [0.15, 0.2) is 17.3 Å². The Bertz CT molecular complexity index is 1200. The quantitative estimate of drug-likeness (QED) is 0.555. The molecule has 7 nitrogen and oxygen atoms in total. The summed E-state index contributed by atoms with van der Waals surface area (Å²) in [4.78, 5) is 26.2. The molecule has 1 saturated heterocycles. The van der Waals surface area contributed by atoms with Crippen molar-refractivity contribution in [3.8, 4) is 17.2 Å². The van der Waals surface area contributed by atoms with Gasteiger partial charge in [-0.1, -0.05) is 12.1 Å². The number of pyridine rings is 1. The second-order valence-electron chi connectivity index (χ2n) is 6.79. The monoisotopic (exact) mass is 381 g/mol.